The molecule has 3 fully saturated rings. The van der Waals surface area contributed by atoms with Gasteiger partial charge in [-0.3, -0.25) is 9.69 Å². The van der Waals surface area contributed by atoms with Gasteiger partial charge in [-0.1, -0.05) is 0 Å². The van der Waals surface area contributed by atoms with Gasteiger partial charge in [-0.2, -0.15) is 0 Å². The van der Waals surface area contributed by atoms with E-state index in [0.717, 1.165) is 39.0 Å². The summed E-state index contributed by atoms with van der Waals surface area (Å²) in [6.45, 7) is 7.76. The van der Waals surface area contributed by atoms with Gasteiger partial charge in [0.15, 0.2) is 9.84 Å². The Balaban J connectivity index is 1.54. The standard InChI is InChI=1S/C17H30N2O4S/c1-13-9-18(10-14(2)23-13)11-16-4-3-6-19(16)17(20)8-15-5-7-24(21,22)12-15/h13-16H,3-12H2,1-2H3. The zero-order valence-corrected chi connectivity index (χ0v) is 15.6. The topological polar surface area (TPSA) is 66.9 Å². The van der Waals surface area contributed by atoms with E-state index in [0.29, 0.717) is 12.8 Å². The average Bonchev–Trinajstić information content (AvgIpc) is 3.04. The Kier molecular flexibility index (Phi) is 5.52. The maximum Gasteiger partial charge on any atom is 0.223 e. The number of hydrogen-bond donors (Lipinski definition) is 0. The summed E-state index contributed by atoms with van der Waals surface area (Å²) in [6.07, 6.45) is 3.62. The summed E-state index contributed by atoms with van der Waals surface area (Å²) < 4.78 is 29.0. The number of rotatable bonds is 4. The van der Waals surface area contributed by atoms with Crippen LogP contribution in [0.2, 0.25) is 0 Å². The first-order chi connectivity index (χ1) is 11.3. The van der Waals surface area contributed by atoms with Crippen molar-refractivity contribution in [2.24, 2.45) is 5.92 Å². The van der Waals surface area contributed by atoms with Crippen molar-refractivity contribution in [2.45, 2.75) is 57.8 Å². The van der Waals surface area contributed by atoms with E-state index in [1.165, 1.54) is 0 Å². The van der Waals surface area contributed by atoms with Gasteiger partial charge >= 0.3 is 0 Å². The lowest BCUT2D eigenvalue weighted by atomic mass is 10.0. The monoisotopic (exact) mass is 358 g/mol. The average molecular weight is 359 g/mol. The van der Waals surface area contributed by atoms with Crippen LogP contribution in [0.25, 0.3) is 0 Å². The van der Waals surface area contributed by atoms with Gasteiger partial charge < -0.3 is 9.64 Å². The number of amides is 1. The van der Waals surface area contributed by atoms with Crippen LogP contribution in [0.1, 0.15) is 39.5 Å². The van der Waals surface area contributed by atoms with Crippen molar-refractivity contribution >= 4 is 15.7 Å². The van der Waals surface area contributed by atoms with Gasteiger partial charge in [-0.05, 0) is 39.0 Å². The summed E-state index contributed by atoms with van der Waals surface area (Å²) in [5.74, 6) is 0.606. The first kappa shape index (κ1) is 18.1. The molecule has 3 aliphatic heterocycles. The quantitative estimate of drug-likeness (QED) is 0.747. The van der Waals surface area contributed by atoms with Crippen molar-refractivity contribution in [3.8, 4) is 0 Å². The number of sulfone groups is 1. The minimum atomic E-state index is -2.91. The number of morpholine rings is 1. The molecule has 138 valence electrons. The predicted molar refractivity (Wildman–Crippen MR) is 92.6 cm³/mol. The van der Waals surface area contributed by atoms with Crippen molar-refractivity contribution in [2.75, 3.05) is 37.7 Å². The number of ether oxygens (including phenoxy) is 1. The molecular formula is C17H30N2O4S. The summed E-state index contributed by atoms with van der Waals surface area (Å²) in [4.78, 5) is 17.1. The summed E-state index contributed by atoms with van der Waals surface area (Å²) in [7, 11) is -2.91. The van der Waals surface area contributed by atoms with E-state index in [-0.39, 0.29) is 41.6 Å². The molecule has 0 aromatic heterocycles. The number of nitrogens with zero attached hydrogens (tertiary/aromatic N) is 2. The molecule has 6 nitrogen and oxygen atoms in total. The first-order valence-corrected chi connectivity index (χ1v) is 11.0. The van der Waals surface area contributed by atoms with Crippen molar-refractivity contribution in [3.63, 3.8) is 0 Å². The van der Waals surface area contributed by atoms with Gasteiger partial charge in [-0.15, -0.1) is 0 Å². The molecule has 7 heteroatoms. The molecule has 0 spiro atoms. The van der Waals surface area contributed by atoms with E-state index in [9.17, 15) is 13.2 Å². The summed E-state index contributed by atoms with van der Waals surface area (Å²) in [6, 6.07) is 0.271. The molecule has 3 rings (SSSR count). The molecule has 0 aromatic carbocycles. The Labute approximate surface area is 145 Å². The zero-order chi connectivity index (χ0) is 17.3. The van der Waals surface area contributed by atoms with E-state index < -0.39 is 9.84 Å². The number of carbonyl (C=O) groups excluding carboxylic acids is 1. The van der Waals surface area contributed by atoms with E-state index in [2.05, 4.69) is 18.7 Å². The Bertz CT molecular complexity index is 555. The molecule has 4 unspecified atom stereocenters. The van der Waals surface area contributed by atoms with E-state index in [1.54, 1.807) is 0 Å². The maximum atomic E-state index is 12.7. The lowest BCUT2D eigenvalue weighted by Crippen LogP contribution is -2.51. The van der Waals surface area contributed by atoms with Gasteiger partial charge in [-0.25, -0.2) is 8.42 Å². The maximum absolute atomic E-state index is 12.7. The number of hydrogen-bond acceptors (Lipinski definition) is 5. The van der Waals surface area contributed by atoms with Gasteiger partial charge in [0.05, 0.1) is 23.7 Å². The van der Waals surface area contributed by atoms with Crippen LogP contribution in [0, 0.1) is 5.92 Å². The predicted octanol–water partition coefficient (Wildman–Crippen LogP) is 0.911. The third-order valence-corrected chi connectivity index (χ3v) is 7.29. The lowest BCUT2D eigenvalue weighted by Gasteiger charge is -2.38. The Morgan fingerprint density at radius 2 is 1.88 bits per heavy atom. The van der Waals surface area contributed by atoms with E-state index in [4.69, 9.17) is 4.74 Å². The van der Waals surface area contributed by atoms with Crippen LogP contribution >= 0.6 is 0 Å². The molecule has 0 saturated carbocycles. The molecule has 1 amide bonds. The fraction of sp³-hybridized carbons (Fsp3) is 0.941. The van der Waals surface area contributed by atoms with Crippen molar-refractivity contribution in [3.05, 3.63) is 0 Å². The molecule has 3 heterocycles. The lowest BCUT2D eigenvalue weighted by molar-refractivity contribution is -0.133. The van der Waals surface area contributed by atoms with Crippen LogP contribution in [0.15, 0.2) is 0 Å². The van der Waals surface area contributed by atoms with Crippen LogP contribution < -0.4 is 0 Å². The molecule has 0 radical (unpaired) electrons. The highest BCUT2D eigenvalue weighted by Gasteiger charge is 2.35. The molecule has 4 atom stereocenters. The van der Waals surface area contributed by atoms with Crippen molar-refractivity contribution in [1.82, 2.24) is 9.80 Å². The molecule has 0 bridgehead atoms. The molecule has 3 saturated heterocycles. The third-order valence-electron chi connectivity index (χ3n) is 5.45. The second kappa shape index (κ2) is 7.30. The molecule has 0 aromatic rings. The highest BCUT2D eigenvalue weighted by atomic mass is 32.2. The first-order valence-electron chi connectivity index (χ1n) is 9.20. The highest BCUT2D eigenvalue weighted by Crippen LogP contribution is 2.26. The van der Waals surface area contributed by atoms with Crippen LogP contribution in [0.5, 0.6) is 0 Å². The third kappa shape index (κ3) is 4.49. The fourth-order valence-electron chi connectivity index (χ4n) is 4.48. The molecule has 24 heavy (non-hydrogen) atoms. The SMILES string of the molecule is CC1CN(CC2CCCN2C(=O)CC2CCS(=O)(=O)C2)CC(C)O1. The van der Waals surface area contributed by atoms with Crippen LogP contribution in [0.3, 0.4) is 0 Å². The number of carbonyl (C=O) groups is 1. The van der Waals surface area contributed by atoms with Crippen LogP contribution in [-0.2, 0) is 19.4 Å². The zero-order valence-electron chi connectivity index (χ0n) is 14.8. The van der Waals surface area contributed by atoms with Crippen molar-refractivity contribution < 1.29 is 17.9 Å². The molecule has 0 N–H and O–H groups in total. The summed E-state index contributed by atoms with van der Waals surface area (Å²) in [5.41, 5.74) is 0. The van der Waals surface area contributed by atoms with Crippen LogP contribution in [0.4, 0.5) is 0 Å². The molecule has 3 aliphatic rings. The fourth-order valence-corrected chi connectivity index (χ4v) is 6.34. The number of likely N-dealkylation sites (tertiary alicyclic amines) is 1. The second-order valence-corrected chi connectivity index (χ2v) is 10.1. The van der Waals surface area contributed by atoms with Gasteiger partial charge in [0.1, 0.15) is 0 Å². The summed E-state index contributed by atoms with van der Waals surface area (Å²) in [5, 5.41) is 0. The van der Waals surface area contributed by atoms with Gasteiger partial charge in [0, 0.05) is 38.6 Å². The Morgan fingerprint density at radius 1 is 1.17 bits per heavy atom. The van der Waals surface area contributed by atoms with E-state index >= 15 is 0 Å². The van der Waals surface area contributed by atoms with Crippen molar-refractivity contribution in [1.29, 1.82) is 0 Å². The van der Waals surface area contributed by atoms with Crippen LogP contribution in [-0.4, -0.2) is 80.1 Å². The van der Waals surface area contributed by atoms with E-state index in [1.807, 2.05) is 4.90 Å². The Hall–Kier alpha value is -0.660. The normalized spacial score (nSPS) is 37.0. The smallest absolute Gasteiger partial charge is 0.223 e. The van der Waals surface area contributed by atoms with Gasteiger partial charge in [0.25, 0.3) is 0 Å². The minimum absolute atomic E-state index is 0.0205. The summed E-state index contributed by atoms with van der Waals surface area (Å²) >= 11 is 0. The highest BCUT2D eigenvalue weighted by molar-refractivity contribution is 7.91. The largest absolute Gasteiger partial charge is 0.373 e. The molecular weight excluding hydrogens is 328 g/mol. The second-order valence-electron chi connectivity index (χ2n) is 7.83. The minimum Gasteiger partial charge on any atom is -0.373 e. The Morgan fingerprint density at radius 3 is 2.50 bits per heavy atom. The molecule has 0 aliphatic carbocycles. The van der Waals surface area contributed by atoms with Gasteiger partial charge in [0.2, 0.25) is 5.91 Å².